The molecule has 0 aliphatic carbocycles. The second-order valence-electron chi connectivity index (χ2n) is 4.30. The molecule has 0 fully saturated rings. The molecule has 1 heterocycles. The smallest absolute Gasteiger partial charge is 0.254 e. The number of aromatic amines is 1. The molecule has 0 unspecified atom stereocenters. The number of aryl methyl sites for hydroxylation is 1. The molecule has 0 amide bonds. The first-order valence-corrected chi connectivity index (χ1v) is 7.74. The number of hydrogen-bond donors (Lipinski definition) is 1. The molecule has 2 rings (SSSR count). The third-order valence-corrected chi connectivity index (χ3v) is 4.28. The highest BCUT2D eigenvalue weighted by atomic mass is 79.9. The standard InChI is InChI=1S/C14H13BrN2O2S/c1-8-9(2)16-14(17-13(8)19)20-7-12(18)10-3-5-11(15)6-4-10/h3-6H,7H2,1-2H3,(H,16,17,19). The van der Waals surface area contributed by atoms with Crippen LogP contribution in [0.15, 0.2) is 38.7 Å². The van der Waals surface area contributed by atoms with Crippen molar-refractivity contribution in [1.29, 1.82) is 0 Å². The minimum Gasteiger partial charge on any atom is -0.301 e. The molecule has 104 valence electrons. The van der Waals surface area contributed by atoms with Crippen LogP contribution in [0.2, 0.25) is 0 Å². The number of nitrogens with one attached hydrogen (secondary N) is 1. The van der Waals surface area contributed by atoms with Crippen LogP contribution in [0.4, 0.5) is 0 Å². The lowest BCUT2D eigenvalue weighted by Gasteiger charge is -2.04. The number of Topliss-reactive ketones (excluding diaryl/α,β-unsaturated/α-hetero) is 1. The van der Waals surface area contributed by atoms with Crippen LogP contribution in [0.1, 0.15) is 21.6 Å². The lowest BCUT2D eigenvalue weighted by atomic mass is 10.2. The number of nitrogens with zero attached hydrogens (tertiary/aromatic N) is 1. The first kappa shape index (κ1) is 15.0. The van der Waals surface area contributed by atoms with E-state index >= 15 is 0 Å². The fourth-order valence-electron chi connectivity index (χ4n) is 1.54. The first-order valence-electron chi connectivity index (χ1n) is 5.96. The molecular weight excluding hydrogens is 340 g/mol. The molecule has 1 aromatic heterocycles. The third kappa shape index (κ3) is 3.58. The van der Waals surface area contributed by atoms with E-state index in [9.17, 15) is 9.59 Å². The minimum absolute atomic E-state index is 0.00313. The van der Waals surface area contributed by atoms with E-state index in [2.05, 4.69) is 25.9 Å². The van der Waals surface area contributed by atoms with Gasteiger partial charge in [0.1, 0.15) is 0 Å². The average molecular weight is 353 g/mol. The van der Waals surface area contributed by atoms with Gasteiger partial charge in [0.25, 0.3) is 5.56 Å². The number of H-pyrrole nitrogens is 1. The maximum atomic E-state index is 12.0. The molecular formula is C14H13BrN2O2S. The number of carbonyl (C=O) groups excluding carboxylic acids is 1. The topological polar surface area (TPSA) is 62.8 Å². The SMILES string of the molecule is Cc1nc(SCC(=O)c2ccc(Br)cc2)[nH]c(=O)c1C. The van der Waals surface area contributed by atoms with Crippen LogP contribution < -0.4 is 5.56 Å². The van der Waals surface area contributed by atoms with Gasteiger partial charge >= 0.3 is 0 Å². The number of aromatic nitrogens is 2. The van der Waals surface area contributed by atoms with Crippen molar-refractivity contribution >= 4 is 33.5 Å². The zero-order chi connectivity index (χ0) is 14.7. The number of carbonyl (C=O) groups is 1. The summed E-state index contributed by atoms with van der Waals surface area (Å²) in [6, 6.07) is 7.19. The number of ketones is 1. The molecule has 4 nitrogen and oxygen atoms in total. The summed E-state index contributed by atoms with van der Waals surface area (Å²) in [4.78, 5) is 30.6. The maximum Gasteiger partial charge on any atom is 0.254 e. The van der Waals surface area contributed by atoms with Crippen molar-refractivity contribution in [2.75, 3.05) is 5.75 Å². The second kappa shape index (κ2) is 6.37. The van der Waals surface area contributed by atoms with Crippen molar-refractivity contribution < 1.29 is 4.79 Å². The van der Waals surface area contributed by atoms with E-state index < -0.39 is 0 Å². The normalized spacial score (nSPS) is 10.6. The summed E-state index contributed by atoms with van der Waals surface area (Å²) in [6.07, 6.45) is 0. The summed E-state index contributed by atoms with van der Waals surface area (Å²) < 4.78 is 0.932. The van der Waals surface area contributed by atoms with Crippen molar-refractivity contribution in [3.05, 3.63) is 55.9 Å². The van der Waals surface area contributed by atoms with E-state index in [-0.39, 0.29) is 17.1 Å². The number of benzene rings is 1. The Morgan fingerprint density at radius 2 is 1.95 bits per heavy atom. The lowest BCUT2D eigenvalue weighted by molar-refractivity contribution is 0.102. The number of thioether (sulfide) groups is 1. The van der Waals surface area contributed by atoms with Gasteiger partial charge in [-0.25, -0.2) is 4.98 Å². The fourth-order valence-corrected chi connectivity index (χ4v) is 2.61. The summed E-state index contributed by atoms with van der Waals surface area (Å²) >= 11 is 4.56. The highest BCUT2D eigenvalue weighted by Crippen LogP contribution is 2.16. The summed E-state index contributed by atoms with van der Waals surface area (Å²) in [6.45, 7) is 3.51. The molecule has 0 bridgehead atoms. The summed E-state index contributed by atoms with van der Waals surface area (Å²) in [5.74, 6) is 0.246. The van der Waals surface area contributed by atoms with Crippen molar-refractivity contribution in [3.8, 4) is 0 Å². The van der Waals surface area contributed by atoms with E-state index in [0.29, 0.717) is 22.0 Å². The van der Waals surface area contributed by atoms with Crippen molar-refractivity contribution in [2.45, 2.75) is 19.0 Å². The van der Waals surface area contributed by atoms with Gasteiger partial charge in [-0.05, 0) is 26.0 Å². The highest BCUT2D eigenvalue weighted by Gasteiger charge is 2.09. The van der Waals surface area contributed by atoms with Gasteiger partial charge in [-0.1, -0.05) is 39.8 Å². The number of hydrogen-bond acceptors (Lipinski definition) is 4. The van der Waals surface area contributed by atoms with Gasteiger partial charge in [0.15, 0.2) is 10.9 Å². The number of rotatable bonds is 4. The molecule has 0 aliphatic heterocycles. The van der Waals surface area contributed by atoms with E-state index in [4.69, 9.17) is 0 Å². The maximum absolute atomic E-state index is 12.0. The molecule has 0 saturated heterocycles. The summed E-state index contributed by atoms with van der Waals surface area (Å²) in [7, 11) is 0. The molecule has 0 atom stereocenters. The minimum atomic E-state index is -0.156. The van der Waals surface area contributed by atoms with Gasteiger partial charge < -0.3 is 4.98 Å². The van der Waals surface area contributed by atoms with Crippen LogP contribution in [0.25, 0.3) is 0 Å². The first-order chi connectivity index (χ1) is 9.47. The Hall–Kier alpha value is -1.40. The van der Waals surface area contributed by atoms with Crippen molar-refractivity contribution in [2.24, 2.45) is 0 Å². The monoisotopic (exact) mass is 352 g/mol. The molecule has 1 aromatic carbocycles. The summed E-state index contributed by atoms with van der Waals surface area (Å²) in [5.41, 5.74) is 1.78. The largest absolute Gasteiger partial charge is 0.301 e. The van der Waals surface area contributed by atoms with Crippen LogP contribution in [0.5, 0.6) is 0 Å². The number of halogens is 1. The fraction of sp³-hybridized carbons (Fsp3) is 0.214. The van der Waals surface area contributed by atoms with E-state index in [1.165, 1.54) is 11.8 Å². The predicted octanol–water partition coefficient (Wildman–Crippen LogP) is 3.12. The van der Waals surface area contributed by atoms with E-state index in [1.54, 1.807) is 26.0 Å². The van der Waals surface area contributed by atoms with Gasteiger partial charge in [0, 0.05) is 21.3 Å². The van der Waals surface area contributed by atoms with Gasteiger partial charge in [-0.2, -0.15) is 0 Å². The Bertz CT molecular complexity index is 695. The highest BCUT2D eigenvalue weighted by molar-refractivity contribution is 9.10. The van der Waals surface area contributed by atoms with Crippen molar-refractivity contribution in [1.82, 2.24) is 9.97 Å². The van der Waals surface area contributed by atoms with Crippen molar-refractivity contribution in [3.63, 3.8) is 0 Å². The van der Waals surface area contributed by atoms with Gasteiger partial charge in [0.2, 0.25) is 0 Å². The second-order valence-corrected chi connectivity index (χ2v) is 6.18. The Morgan fingerprint density at radius 3 is 2.55 bits per heavy atom. The van der Waals surface area contributed by atoms with Crippen LogP contribution in [0.3, 0.4) is 0 Å². The molecule has 0 radical (unpaired) electrons. The quantitative estimate of drug-likeness (QED) is 0.521. The van der Waals surface area contributed by atoms with Crippen LogP contribution in [-0.2, 0) is 0 Å². The molecule has 2 aromatic rings. The van der Waals surface area contributed by atoms with E-state index in [1.807, 2.05) is 12.1 Å². The molecule has 6 heteroatoms. The van der Waals surface area contributed by atoms with Crippen LogP contribution in [-0.4, -0.2) is 21.5 Å². The zero-order valence-corrected chi connectivity index (χ0v) is 13.5. The van der Waals surface area contributed by atoms with Crippen LogP contribution >= 0.6 is 27.7 Å². The molecule has 20 heavy (non-hydrogen) atoms. The Labute approximate surface area is 129 Å². The average Bonchev–Trinajstić information content (AvgIpc) is 2.42. The van der Waals surface area contributed by atoms with Gasteiger partial charge in [-0.3, -0.25) is 9.59 Å². The van der Waals surface area contributed by atoms with Gasteiger partial charge in [-0.15, -0.1) is 0 Å². The Kier molecular flexibility index (Phi) is 4.77. The van der Waals surface area contributed by atoms with Crippen LogP contribution in [0, 0.1) is 13.8 Å². The van der Waals surface area contributed by atoms with E-state index in [0.717, 1.165) is 4.47 Å². The third-order valence-electron chi connectivity index (χ3n) is 2.88. The molecule has 0 spiro atoms. The zero-order valence-electron chi connectivity index (χ0n) is 11.1. The molecule has 0 saturated carbocycles. The molecule has 1 N–H and O–H groups in total. The van der Waals surface area contributed by atoms with Gasteiger partial charge in [0.05, 0.1) is 5.75 Å². The molecule has 0 aliphatic rings. The Balaban J connectivity index is 2.07. The predicted molar refractivity (Wildman–Crippen MR) is 83.5 cm³/mol. The lowest BCUT2D eigenvalue weighted by Crippen LogP contribution is -2.14. The Morgan fingerprint density at radius 1 is 1.30 bits per heavy atom. The summed E-state index contributed by atoms with van der Waals surface area (Å²) in [5, 5.41) is 0.476.